The third kappa shape index (κ3) is 3.85. The monoisotopic (exact) mass is 296 g/mol. The predicted molar refractivity (Wildman–Crippen MR) is 97.3 cm³/mol. The van der Waals surface area contributed by atoms with Crippen LogP contribution < -0.4 is 10.4 Å². The van der Waals surface area contributed by atoms with E-state index in [9.17, 15) is 0 Å². The van der Waals surface area contributed by atoms with Crippen LogP contribution in [0.5, 0.6) is 0 Å². The second kappa shape index (κ2) is 8.19. The summed E-state index contributed by atoms with van der Waals surface area (Å²) >= 11 is 0. The lowest BCUT2D eigenvalue weighted by atomic mass is 10.3. The highest BCUT2D eigenvalue weighted by Gasteiger charge is 2.35. The van der Waals surface area contributed by atoms with Crippen LogP contribution in [0.3, 0.4) is 0 Å². The van der Waals surface area contributed by atoms with Crippen LogP contribution in [0, 0.1) is 0 Å². The van der Waals surface area contributed by atoms with Crippen LogP contribution in [0.25, 0.3) is 0 Å². The molecule has 0 heterocycles. The molecule has 112 valence electrons. The van der Waals surface area contributed by atoms with Gasteiger partial charge in [-0.05, 0) is 12.1 Å². The first-order chi connectivity index (χ1) is 10.3. The van der Waals surface area contributed by atoms with Gasteiger partial charge in [-0.15, -0.1) is 0 Å². The average Bonchev–Trinajstić information content (AvgIpc) is 2.57. The molecule has 0 aromatic heterocycles. The van der Waals surface area contributed by atoms with Crippen molar-refractivity contribution in [2.45, 2.75) is 51.6 Å². The van der Waals surface area contributed by atoms with Crippen molar-refractivity contribution in [1.82, 2.24) is 0 Å². The highest BCUT2D eigenvalue weighted by Crippen LogP contribution is 2.22. The van der Waals surface area contributed by atoms with Crippen LogP contribution in [0.4, 0.5) is 0 Å². The van der Waals surface area contributed by atoms with E-state index in [4.69, 9.17) is 0 Å². The number of unbranched alkanes of at least 4 members (excludes halogenated alkanes) is 2. The molecule has 0 aliphatic heterocycles. The molecular formula is C20H28Si. The van der Waals surface area contributed by atoms with Crippen LogP contribution in [0.2, 0.25) is 12.1 Å². The molecule has 0 bridgehead atoms. The molecule has 0 saturated heterocycles. The molecule has 0 nitrogen and oxygen atoms in total. The van der Waals surface area contributed by atoms with Crippen molar-refractivity contribution in [3.05, 3.63) is 60.7 Å². The maximum atomic E-state index is 2.38. The summed E-state index contributed by atoms with van der Waals surface area (Å²) in [6.45, 7) is 4.63. The first-order valence-corrected chi connectivity index (χ1v) is 10.9. The molecule has 0 fully saturated rings. The van der Waals surface area contributed by atoms with Gasteiger partial charge >= 0.3 is 0 Å². The van der Waals surface area contributed by atoms with Crippen molar-refractivity contribution in [1.29, 1.82) is 0 Å². The summed E-state index contributed by atoms with van der Waals surface area (Å²) in [4.78, 5) is 0. The summed E-state index contributed by atoms with van der Waals surface area (Å²) in [5.41, 5.74) is 0. The minimum absolute atomic E-state index is 1.29. The summed E-state index contributed by atoms with van der Waals surface area (Å²) < 4.78 is 0. The Morgan fingerprint density at radius 3 is 1.33 bits per heavy atom. The Morgan fingerprint density at radius 2 is 1.00 bits per heavy atom. The molecule has 0 saturated carbocycles. The predicted octanol–water partition coefficient (Wildman–Crippen LogP) is 4.85. The lowest BCUT2D eigenvalue weighted by molar-refractivity contribution is 0.838. The van der Waals surface area contributed by atoms with E-state index in [2.05, 4.69) is 74.5 Å². The van der Waals surface area contributed by atoms with Gasteiger partial charge in [0.25, 0.3) is 0 Å². The zero-order valence-electron chi connectivity index (χ0n) is 13.5. The Bertz CT molecular complexity index is 454. The van der Waals surface area contributed by atoms with E-state index in [-0.39, 0.29) is 0 Å². The van der Waals surface area contributed by atoms with E-state index in [0.29, 0.717) is 0 Å². The van der Waals surface area contributed by atoms with Crippen molar-refractivity contribution in [2.24, 2.45) is 0 Å². The lowest BCUT2D eigenvalue weighted by Crippen LogP contribution is -2.58. The molecule has 2 rings (SSSR count). The minimum Gasteiger partial charge on any atom is -0.0654 e. The van der Waals surface area contributed by atoms with Gasteiger partial charge in [0.15, 0.2) is 0 Å². The standard InChI is InChI=1S/C20H28Si/c1-3-5-17-21(18-6-4-2,19-13-9-7-10-14-19)20-15-11-8-12-16-20/h7-16H,3-6,17-18H2,1-2H3. The molecule has 0 N–H and O–H groups in total. The molecule has 2 aromatic rings. The number of hydrogen-bond acceptors (Lipinski definition) is 0. The largest absolute Gasteiger partial charge is 0.118 e. The maximum Gasteiger partial charge on any atom is 0.118 e. The van der Waals surface area contributed by atoms with E-state index in [0.717, 1.165) is 0 Å². The van der Waals surface area contributed by atoms with Gasteiger partial charge in [-0.1, -0.05) is 111 Å². The third-order valence-corrected chi connectivity index (χ3v) is 9.86. The van der Waals surface area contributed by atoms with Crippen molar-refractivity contribution < 1.29 is 0 Å². The molecule has 0 spiro atoms. The molecular weight excluding hydrogens is 268 g/mol. The van der Waals surface area contributed by atoms with Gasteiger partial charge < -0.3 is 0 Å². The van der Waals surface area contributed by atoms with E-state index in [1.165, 1.54) is 37.8 Å². The first-order valence-electron chi connectivity index (χ1n) is 8.44. The van der Waals surface area contributed by atoms with Gasteiger partial charge in [-0.3, -0.25) is 0 Å². The van der Waals surface area contributed by atoms with Crippen LogP contribution in [-0.4, -0.2) is 8.07 Å². The molecule has 1 heteroatoms. The second-order valence-corrected chi connectivity index (χ2v) is 10.3. The first kappa shape index (κ1) is 16.0. The molecule has 0 amide bonds. The van der Waals surface area contributed by atoms with Crippen molar-refractivity contribution in [3.8, 4) is 0 Å². The van der Waals surface area contributed by atoms with Crippen LogP contribution in [0.1, 0.15) is 39.5 Å². The maximum absolute atomic E-state index is 2.38. The topological polar surface area (TPSA) is 0 Å². The summed E-state index contributed by atoms with van der Waals surface area (Å²) in [6, 6.07) is 25.5. The van der Waals surface area contributed by atoms with E-state index in [1.807, 2.05) is 0 Å². The van der Waals surface area contributed by atoms with Crippen molar-refractivity contribution in [3.63, 3.8) is 0 Å². The van der Waals surface area contributed by atoms with E-state index < -0.39 is 8.07 Å². The van der Waals surface area contributed by atoms with Gasteiger partial charge in [0.2, 0.25) is 0 Å². The summed E-state index contributed by atoms with van der Waals surface area (Å²) in [5, 5.41) is 3.25. The summed E-state index contributed by atoms with van der Waals surface area (Å²) in [6.07, 6.45) is 5.28. The normalized spacial score (nSPS) is 11.5. The Labute approximate surface area is 131 Å². The molecule has 0 atom stereocenters. The molecule has 0 aliphatic carbocycles. The number of benzene rings is 2. The molecule has 0 radical (unpaired) electrons. The Balaban J connectivity index is 2.48. The number of rotatable bonds is 8. The molecule has 0 aliphatic rings. The van der Waals surface area contributed by atoms with Gasteiger partial charge in [-0.25, -0.2) is 0 Å². The van der Waals surface area contributed by atoms with Crippen LogP contribution >= 0.6 is 0 Å². The SMILES string of the molecule is CCCC[Si](CCCC)(c1ccccc1)c1ccccc1. The molecule has 2 aromatic carbocycles. The van der Waals surface area contributed by atoms with Gasteiger partial charge in [0.05, 0.1) is 0 Å². The zero-order chi connectivity index (χ0) is 15.0. The molecule has 21 heavy (non-hydrogen) atoms. The van der Waals surface area contributed by atoms with Crippen molar-refractivity contribution in [2.75, 3.05) is 0 Å². The highest BCUT2D eigenvalue weighted by molar-refractivity contribution is 7.02. The van der Waals surface area contributed by atoms with E-state index in [1.54, 1.807) is 10.4 Å². The smallest absolute Gasteiger partial charge is 0.0654 e. The fraction of sp³-hybridized carbons (Fsp3) is 0.400. The van der Waals surface area contributed by atoms with Gasteiger partial charge in [-0.2, -0.15) is 0 Å². The Kier molecular flexibility index (Phi) is 6.25. The van der Waals surface area contributed by atoms with Crippen LogP contribution in [-0.2, 0) is 0 Å². The fourth-order valence-electron chi connectivity index (χ4n) is 3.34. The average molecular weight is 297 g/mol. The summed E-state index contributed by atoms with van der Waals surface area (Å²) in [5.74, 6) is 0. The summed E-state index contributed by atoms with van der Waals surface area (Å²) in [7, 11) is -1.59. The van der Waals surface area contributed by atoms with Crippen molar-refractivity contribution >= 4 is 18.4 Å². The minimum atomic E-state index is -1.59. The highest BCUT2D eigenvalue weighted by atomic mass is 28.3. The second-order valence-electron chi connectivity index (χ2n) is 6.02. The Morgan fingerprint density at radius 1 is 0.619 bits per heavy atom. The Hall–Kier alpha value is -1.34. The van der Waals surface area contributed by atoms with Crippen LogP contribution in [0.15, 0.2) is 60.7 Å². The third-order valence-electron chi connectivity index (χ3n) is 4.57. The number of hydrogen-bond donors (Lipinski definition) is 0. The lowest BCUT2D eigenvalue weighted by Gasteiger charge is -2.33. The molecule has 0 unspecified atom stereocenters. The fourth-order valence-corrected chi connectivity index (χ4v) is 8.65. The van der Waals surface area contributed by atoms with E-state index >= 15 is 0 Å². The zero-order valence-corrected chi connectivity index (χ0v) is 14.5. The van der Waals surface area contributed by atoms with Gasteiger partial charge in [0.1, 0.15) is 8.07 Å². The quantitative estimate of drug-likeness (QED) is 0.611. The van der Waals surface area contributed by atoms with Gasteiger partial charge in [0, 0.05) is 0 Å².